The Bertz CT molecular complexity index is 972. The predicted octanol–water partition coefficient (Wildman–Crippen LogP) is 3.06. The summed E-state index contributed by atoms with van der Waals surface area (Å²) < 4.78 is 15.8. The van der Waals surface area contributed by atoms with Gasteiger partial charge in [0, 0.05) is 11.6 Å². The molecule has 10 heteroatoms. The van der Waals surface area contributed by atoms with Crippen molar-refractivity contribution in [1.82, 2.24) is 10.2 Å². The highest BCUT2D eigenvalue weighted by atomic mass is 16.6. The quantitative estimate of drug-likeness (QED) is 0.486. The largest absolute Gasteiger partial charge is 0.494 e. The first-order valence-corrected chi connectivity index (χ1v) is 8.14. The molecule has 1 N–H and O–H groups in total. The van der Waals surface area contributed by atoms with E-state index in [9.17, 15) is 14.9 Å². The highest BCUT2D eigenvalue weighted by Crippen LogP contribution is 2.29. The van der Waals surface area contributed by atoms with Gasteiger partial charge in [-0.3, -0.25) is 14.9 Å². The molecule has 0 fully saturated rings. The summed E-state index contributed by atoms with van der Waals surface area (Å²) in [5, 5.41) is 20.9. The third-order valence-corrected chi connectivity index (χ3v) is 3.80. The zero-order valence-corrected chi connectivity index (χ0v) is 15.0. The minimum atomic E-state index is -0.825. The zero-order chi connectivity index (χ0) is 20.1. The maximum Gasteiger partial charge on any atom is 0.273 e. The first-order chi connectivity index (χ1) is 13.5. The molecule has 144 valence electrons. The molecule has 0 radical (unpaired) electrons. The Kier molecular flexibility index (Phi) is 5.49. The second-order valence-electron chi connectivity index (χ2n) is 5.66. The lowest BCUT2D eigenvalue weighted by molar-refractivity contribution is -0.384. The summed E-state index contributed by atoms with van der Waals surface area (Å²) in [4.78, 5) is 22.7. The summed E-state index contributed by atoms with van der Waals surface area (Å²) in [5.41, 5.74) is 0.887. The highest BCUT2D eigenvalue weighted by Gasteiger charge is 2.18. The molecule has 0 aliphatic carbocycles. The number of rotatable bonds is 7. The standard InChI is InChI=1S/C18H16N4O6/c1-11(28-14-6-3-12(4-7-14)18-21-19-10-27-18)17(23)20-15-8-5-13(22(24)25)9-16(15)26-2/h3-11H,1-2H3,(H,20,23)/t11-/m0/s1. The third kappa shape index (κ3) is 4.23. The SMILES string of the molecule is COc1cc([N+](=O)[O-])ccc1NC(=O)[C@H](C)Oc1ccc(-c2nnco2)cc1. The van der Waals surface area contributed by atoms with E-state index in [2.05, 4.69) is 15.5 Å². The van der Waals surface area contributed by atoms with Crippen LogP contribution in [0.2, 0.25) is 0 Å². The molecular weight excluding hydrogens is 368 g/mol. The Labute approximate surface area is 159 Å². The third-order valence-electron chi connectivity index (χ3n) is 3.80. The van der Waals surface area contributed by atoms with Crippen molar-refractivity contribution < 1.29 is 23.6 Å². The normalized spacial score (nSPS) is 11.5. The van der Waals surface area contributed by atoms with Gasteiger partial charge < -0.3 is 19.2 Å². The maximum absolute atomic E-state index is 12.4. The molecule has 1 atom stereocenters. The van der Waals surface area contributed by atoms with Crippen molar-refractivity contribution in [2.45, 2.75) is 13.0 Å². The summed E-state index contributed by atoms with van der Waals surface area (Å²) in [7, 11) is 1.36. The van der Waals surface area contributed by atoms with E-state index in [0.29, 0.717) is 17.3 Å². The Hall–Kier alpha value is -3.95. The van der Waals surface area contributed by atoms with E-state index in [-0.39, 0.29) is 11.4 Å². The lowest BCUT2D eigenvalue weighted by Crippen LogP contribution is -2.30. The number of amides is 1. The number of nitrogens with one attached hydrogen (secondary N) is 1. The van der Waals surface area contributed by atoms with Gasteiger partial charge in [-0.15, -0.1) is 10.2 Å². The number of ether oxygens (including phenoxy) is 2. The molecule has 1 heterocycles. The van der Waals surface area contributed by atoms with E-state index in [1.54, 1.807) is 31.2 Å². The van der Waals surface area contributed by atoms with E-state index < -0.39 is 16.9 Å². The molecule has 1 amide bonds. The number of hydrogen-bond acceptors (Lipinski definition) is 8. The van der Waals surface area contributed by atoms with E-state index in [1.807, 2.05) is 0 Å². The van der Waals surface area contributed by atoms with Gasteiger partial charge in [-0.1, -0.05) is 0 Å². The number of benzene rings is 2. The molecule has 0 bridgehead atoms. The van der Waals surface area contributed by atoms with Crippen LogP contribution in [0.15, 0.2) is 53.3 Å². The molecule has 0 saturated carbocycles. The summed E-state index contributed by atoms with van der Waals surface area (Å²) in [6.07, 6.45) is 0.410. The van der Waals surface area contributed by atoms with Crippen LogP contribution in [0.1, 0.15) is 6.92 Å². The number of aromatic nitrogens is 2. The van der Waals surface area contributed by atoms with Gasteiger partial charge >= 0.3 is 0 Å². The van der Waals surface area contributed by atoms with Crippen molar-refractivity contribution in [3.63, 3.8) is 0 Å². The Morgan fingerprint density at radius 2 is 2.00 bits per heavy atom. The van der Waals surface area contributed by atoms with Crippen LogP contribution in [-0.4, -0.2) is 34.2 Å². The Morgan fingerprint density at radius 3 is 2.61 bits per heavy atom. The lowest BCUT2D eigenvalue weighted by Gasteiger charge is -2.16. The molecule has 0 aliphatic heterocycles. The van der Waals surface area contributed by atoms with Gasteiger partial charge in [0.25, 0.3) is 11.6 Å². The van der Waals surface area contributed by atoms with E-state index in [0.717, 1.165) is 5.56 Å². The van der Waals surface area contributed by atoms with E-state index >= 15 is 0 Å². The minimum absolute atomic E-state index is 0.138. The predicted molar refractivity (Wildman–Crippen MR) is 98.1 cm³/mol. The van der Waals surface area contributed by atoms with E-state index in [4.69, 9.17) is 13.9 Å². The van der Waals surface area contributed by atoms with Gasteiger partial charge in [0.15, 0.2) is 6.10 Å². The van der Waals surface area contributed by atoms with Crippen molar-refractivity contribution in [2.24, 2.45) is 0 Å². The lowest BCUT2D eigenvalue weighted by atomic mass is 10.2. The number of anilines is 1. The number of methoxy groups -OCH3 is 1. The second kappa shape index (κ2) is 8.16. The van der Waals surface area contributed by atoms with Crippen LogP contribution in [0.25, 0.3) is 11.5 Å². The fraction of sp³-hybridized carbons (Fsp3) is 0.167. The average Bonchev–Trinajstić information content (AvgIpc) is 3.23. The molecule has 0 saturated heterocycles. The number of hydrogen-bond donors (Lipinski definition) is 1. The van der Waals surface area contributed by atoms with Crippen LogP contribution in [0.4, 0.5) is 11.4 Å². The van der Waals surface area contributed by atoms with Crippen molar-refractivity contribution >= 4 is 17.3 Å². The molecule has 28 heavy (non-hydrogen) atoms. The molecule has 0 unspecified atom stereocenters. The second-order valence-corrected chi connectivity index (χ2v) is 5.66. The average molecular weight is 384 g/mol. The molecule has 3 aromatic rings. The van der Waals surface area contributed by atoms with Crippen molar-refractivity contribution in [3.05, 3.63) is 59.0 Å². The molecule has 2 aromatic carbocycles. The molecule has 0 aliphatic rings. The molecule has 1 aromatic heterocycles. The van der Waals surface area contributed by atoms with Crippen LogP contribution in [-0.2, 0) is 4.79 Å². The van der Waals surface area contributed by atoms with Crippen LogP contribution >= 0.6 is 0 Å². The molecule has 10 nitrogen and oxygen atoms in total. The topological polar surface area (TPSA) is 130 Å². The first kappa shape index (κ1) is 18.8. The summed E-state index contributed by atoms with van der Waals surface area (Å²) in [6.45, 7) is 1.58. The van der Waals surface area contributed by atoms with Gasteiger partial charge in [0.2, 0.25) is 12.3 Å². The van der Waals surface area contributed by atoms with Crippen LogP contribution in [0, 0.1) is 10.1 Å². The van der Waals surface area contributed by atoms with Gasteiger partial charge in [0.05, 0.1) is 23.8 Å². The summed E-state index contributed by atoms with van der Waals surface area (Å²) in [6, 6.07) is 10.7. The van der Waals surface area contributed by atoms with Crippen molar-refractivity contribution in [3.8, 4) is 23.0 Å². The summed E-state index contributed by atoms with van der Waals surface area (Å²) >= 11 is 0. The minimum Gasteiger partial charge on any atom is -0.494 e. The number of carbonyl (C=O) groups excluding carboxylic acids is 1. The van der Waals surface area contributed by atoms with Crippen molar-refractivity contribution in [2.75, 3.05) is 12.4 Å². The van der Waals surface area contributed by atoms with Crippen LogP contribution < -0.4 is 14.8 Å². The van der Waals surface area contributed by atoms with Gasteiger partial charge in [-0.05, 0) is 37.3 Å². The molecule has 3 rings (SSSR count). The smallest absolute Gasteiger partial charge is 0.273 e. The molecular formula is C18H16N4O6. The zero-order valence-electron chi connectivity index (χ0n) is 15.0. The van der Waals surface area contributed by atoms with Crippen molar-refractivity contribution in [1.29, 1.82) is 0 Å². The Balaban J connectivity index is 1.65. The number of nitro benzene ring substituents is 1. The molecule has 0 spiro atoms. The van der Waals surface area contributed by atoms with Crippen LogP contribution in [0.3, 0.4) is 0 Å². The highest BCUT2D eigenvalue weighted by molar-refractivity contribution is 5.95. The van der Waals surface area contributed by atoms with Crippen LogP contribution in [0.5, 0.6) is 11.5 Å². The fourth-order valence-corrected chi connectivity index (χ4v) is 2.36. The van der Waals surface area contributed by atoms with E-state index in [1.165, 1.54) is 31.7 Å². The number of nitrogens with zero attached hydrogens (tertiary/aromatic N) is 3. The number of carbonyl (C=O) groups is 1. The monoisotopic (exact) mass is 384 g/mol. The van der Waals surface area contributed by atoms with Gasteiger partial charge in [0.1, 0.15) is 11.5 Å². The number of nitro groups is 1. The Morgan fingerprint density at radius 1 is 1.25 bits per heavy atom. The van der Waals surface area contributed by atoms with Gasteiger partial charge in [-0.25, -0.2) is 0 Å². The number of non-ortho nitro benzene ring substituents is 1. The first-order valence-electron chi connectivity index (χ1n) is 8.14. The summed E-state index contributed by atoms with van der Waals surface area (Å²) in [5.74, 6) is 0.593. The fourth-order valence-electron chi connectivity index (χ4n) is 2.36. The van der Waals surface area contributed by atoms with Gasteiger partial charge in [-0.2, -0.15) is 0 Å². The maximum atomic E-state index is 12.4.